The van der Waals surface area contributed by atoms with E-state index in [4.69, 9.17) is 8.22 Å². The highest BCUT2D eigenvalue weighted by molar-refractivity contribution is 5.69. The monoisotopic (exact) mass is 246 g/mol. The van der Waals surface area contributed by atoms with Gasteiger partial charge in [0.1, 0.15) is 7.05 Å². The maximum absolute atomic E-state index is 7.84. The SMILES string of the molecule is [2H]C([2H])([2H])c1ccccc1-c1cc(C(C)C)[n+](C)cc1C([2H])([2H])[2H]. The fourth-order valence-electron chi connectivity index (χ4n) is 2.18. The molecule has 1 heterocycles. The molecule has 0 unspecified atom stereocenters. The number of aromatic nitrogens is 1. The predicted molar refractivity (Wildman–Crippen MR) is 76.6 cm³/mol. The Morgan fingerprint density at radius 3 is 2.44 bits per heavy atom. The summed E-state index contributed by atoms with van der Waals surface area (Å²) >= 11 is 0. The molecule has 0 bridgehead atoms. The highest BCUT2D eigenvalue weighted by atomic mass is 14.9. The van der Waals surface area contributed by atoms with Crippen LogP contribution in [0.4, 0.5) is 0 Å². The van der Waals surface area contributed by atoms with E-state index in [1.54, 1.807) is 35.0 Å². The molecule has 2 aromatic rings. The summed E-state index contributed by atoms with van der Waals surface area (Å²) in [7, 11) is 1.81. The Bertz CT molecular complexity index is 744. The van der Waals surface area contributed by atoms with E-state index in [-0.39, 0.29) is 17.0 Å². The molecule has 1 heteroatoms. The summed E-state index contributed by atoms with van der Waals surface area (Å²) in [6, 6.07) is 8.41. The number of pyridine rings is 1. The van der Waals surface area contributed by atoms with Crippen molar-refractivity contribution in [2.75, 3.05) is 0 Å². The van der Waals surface area contributed by atoms with Crippen LogP contribution in [0.15, 0.2) is 36.5 Å². The second-order valence-electron chi connectivity index (χ2n) is 4.84. The van der Waals surface area contributed by atoms with Crippen molar-refractivity contribution in [1.82, 2.24) is 0 Å². The lowest BCUT2D eigenvalue weighted by Gasteiger charge is -2.11. The van der Waals surface area contributed by atoms with Crippen LogP contribution < -0.4 is 4.57 Å². The van der Waals surface area contributed by atoms with Crippen LogP contribution in [0.25, 0.3) is 11.1 Å². The molecule has 0 aliphatic rings. The Morgan fingerprint density at radius 2 is 1.78 bits per heavy atom. The van der Waals surface area contributed by atoms with Crippen molar-refractivity contribution in [3.63, 3.8) is 0 Å². The summed E-state index contributed by atoms with van der Waals surface area (Å²) < 4.78 is 48.6. The molecule has 1 aromatic heterocycles. The summed E-state index contributed by atoms with van der Waals surface area (Å²) in [6.45, 7) is -0.601. The van der Waals surface area contributed by atoms with E-state index in [1.807, 2.05) is 20.9 Å². The fourth-order valence-corrected chi connectivity index (χ4v) is 2.18. The molecule has 0 spiro atoms. The second kappa shape index (κ2) is 4.93. The van der Waals surface area contributed by atoms with E-state index in [9.17, 15) is 0 Å². The predicted octanol–water partition coefficient (Wildman–Crippen LogP) is 3.92. The highest BCUT2D eigenvalue weighted by Crippen LogP contribution is 2.27. The van der Waals surface area contributed by atoms with E-state index in [2.05, 4.69) is 0 Å². The first-order chi connectivity index (χ1) is 10.9. The Balaban J connectivity index is 2.86. The first-order valence-electron chi connectivity index (χ1n) is 9.07. The molecule has 0 radical (unpaired) electrons. The highest BCUT2D eigenvalue weighted by Gasteiger charge is 2.16. The van der Waals surface area contributed by atoms with Crippen molar-refractivity contribution < 1.29 is 12.8 Å². The number of hydrogen-bond donors (Lipinski definition) is 0. The lowest BCUT2D eigenvalue weighted by molar-refractivity contribution is -0.680. The first kappa shape index (κ1) is 7.08. The van der Waals surface area contributed by atoms with Crippen molar-refractivity contribution in [3.8, 4) is 11.1 Å². The smallest absolute Gasteiger partial charge is 0.184 e. The fraction of sp³-hybridized carbons (Fsp3) is 0.353. The van der Waals surface area contributed by atoms with Crippen LogP contribution >= 0.6 is 0 Å². The second-order valence-corrected chi connectivity index (χ2v) is 4.84. The molecule has 0 N–H and O–H groups in total. The van der Waals surface area contributed by atoms with Crippen molar-refractivity contribution >= 4 is 0 Å². The minimum atomic E-state index is -2.33. The zero-order valence-electron chi connectivity index (χ0n) is 17.0. The van der Waals surface area contributed by atoms with Gasteiger partial charge in [-0.15, -0.1) is 0 Å². The molecule has 0 amide bonds. The topological polar surface area (TPSA) is 3.88 Å². The molecule has 0 fully saturated rings. The molecule has 18 heavy (non-hydrogen) atoms. The Labute approximate surface area is 119 Å². The molecular formula is C17H22N+. The quantitative estimate of drug-likeness (QED) is 0.707. The first-order valence-corrected chi connectivity index (χ1v) is 6.07. The molecule has 0 atom stereocenters. The maximum atomic E-state index is 7.84. The van der Waals surface area contributed by atoms with Gasteiger partial charge in [-0.05, 0) is 30.4 Å². The van der Waals surface area contributed by atoms with Crippen LogP contribution in [-0.2, 0) is 7.05 Å². The van der Waals surface area contributed by atoms with Gasteiger partial charge in [0.05, 0.1) is 0 Å². The lowest BCUT2D eigenvalue weighted by Crippen LogP contribution is -2.34. The van der Waals surface area contributed by atoms with Crippen LogP contribution in [0, 0.1) is 13.7 Å². The summed E-state index contributed by atoms with van der Waals surface area (Å²) in [5.74, 6) is 0.180. The minimum Gasteiger partial charge on any atom is -0.205 e. The molecule has 0 saturated carbocycles. The third-order valence-corrected chi connectivity index (χ3v) is 3.12. The van der Waals surface area contributed by atoms with Crippen molar-refractivity contribution in [2.45, 2.75) is 33.5 Å². The molecule has 0 aliphatic carbocycles. The van der Waals surface area contributed by atoms with Gasteiger partial charge in [0.15, 0.2) is 11.9 Å². The molecule has 1 aromatic carbocycles. The zero-order valence-corrected chi connectivity index (χ0v) is 11.0. The molecule has 0 saturated heterocycles. The largest absolute Gasteiger partial charge is 0.205 e. The lowest BCUT2D eigenvalue weighted by atomic mass is 9.95. The van der Waals surface area contributed by atoms with Gasteiger partial charge in [-0.1, -0.05) is 38.1 Å². The molecular weight excluding hydrogens is 218 g/mol. The van der Waals surface area contributed by atoms with Gasteiger partial charge in [-0.3, -0.25) is 0 Å². The van der Waals surface area contributed by atoms with E-state index in [0.29, 0.717) is 11.1 Å². The van der Waals surface area contributed by atoms with Crippen LogP contribution in [0.2, 0.25) is 0 Å². The van der Waals surface area contributed by atoms with Gasteiger partial charge in [0.25, 0.3) is 0 Å². The number of benzene rings is 1. The standard InChI is InChI=1S/C17H22N/c1-12(2)17-10-16(14(4)11-18(17)5)15-9-7-6-8-13(15)3/h6-12H,1-5H3/q+1/i3D3,4D3. The van der Waals surface area contributed by atoms with Crippen molar-refractivity contribution in [2.24, 2.45) is 7.05 Å². The molecule has 94 valence electrons. The average Bonchev–Trinajstić information content (AvgIpc) is 2.44. The summed E-state index contributed by atoms with van der Waals surface area (Å²) in [4.78, 5) is 0. The normalized spacial score (nSPS) is 17.3. The van der Waals surface area contributed by atoms with Crippen LogP contribution in [-0.4, -0.2) is 0 Å². The van der Waals surface area contributed by atoms with E-state index < -0.39 is 13.7 Å². The molecule has 2 rings (SSSR count). The average molecular weight is 246 g/mol. The Hall–Kier alpha value is -1.63. The number of rotatable bonds is 2. The van der Waals surface area contributed by atoms with Gasteiger partial charge in [-0.25, -0.2) is 4.57 Å². The van der Waals surface area contributed by atoms with Crippen LogP contribution in [0.1, 0.15) is 44.8 Å². The van der Waals surface area contributed by atoms with E-state index >= 15 is 0 Å². The molecule has 0 aliphatic heterocycles. The molecule has 1 nitrogen and oxygen atoms in total. The van der Waals surface area contributed by atoms with Crippen LogP contribution in [0.3, 0.4) is 0 Å². The minimum absolute atomic E-state index is 0.158. The Morgan fingerprint density at radius 1 is 1.06 bits per heavy atom. The van der Waals surface area contributed by atoms with Crippen molar-refractivity contribution in [3.05, 3.63) is 53.3 Å². The number of nitrogens with zero attached hydrogens (tertiary/aromatic N) is 1. The van der Waals surface area contributed by atoms with Gasteiger partial charge >= 0.3 is 0 Å². The third kappa shape index (κ3) is 2.31. The van der Waals surface area contributed by atoms with Crippen molar-refractivity contribution in [1.29, 1.82) is 0 Å². The number of aryl methyl sites for hydroxylation is 3. The number of hydrogen-bond acceptors (Lipinski definition) is 0. The zero-order chi connectivity index (χ0) is 18.3. The van der Waals surface area contributed by atoms with Gasteiger partial charge < -0.3 is 0 Å². The summed E-state index contributed by atoms with van der Waals surface area (Å²) in [5, 5.41) is 0. The van der Waals surface area contributed by atoms with Gasteiger partial charge in [-0.2, -0.15) is 0 Å². The van der Waals surface area contributed by atoms with E-state index in [1.165, 1.54) is 6.07 Å². The summed E-state index contributed by atoms with van der Waals surface area (Å²) in [5.41, 5.74) is 2.18. The van der Waals surface area contributed by atoms with Crippen LogP contribution in [0.5, 0.6) is 0 Å². The maximum Gasteiger partial charge on any atom is 0.184 e. The van der Waals surface area contributed by atoms with Gasteiger partial charge in [0.2, 0.25) is 0 Å². The van der Waals surface area contributed by atoms with Gasteiger partial charge in [0, 0.05) is 25.8 Å². The third-order valence-electron chi connectivity index (χ3n) is 3.12. The summed E-state index contributed by atoms with van der Waals surface area (Å²) in [6.07, 6.45) is 1.59. The Kier molecular flexibility index (Phi) is 1.94. The van der Waals surface area contributed by atoms with E-state index in [0.717, 1.165) is 5.69 Å².